The van der Waals surface area contributed by atoms with E-state index >= 15 is 0 Å². The van der Waals surface area contributed by atoms with Gasteiger partial charge in [-0.25, -0.2) is 14.4 Å². The normalized spacial score (nSPS) is 12.1. The number of aliphatic carboxylic acids is 1. The highest BCUT2D eigenvalue weighted by Gasteiger charge is 2.24. The second-order valence-electron chi connectivity index (χ2n) is 12.1. The molecule has 0 rings (SSSR count). The lowest BCUT2D eigenvalue weighted by atomic mass is 10.2. The third-order valence-corrected chi connectivity index (χ3v) is 4.52. The molecule has 0 unspecified atom stereocenters. The summed E-state index contributed by atoms with van der Waals surface area (Å²) in [5.74, 6) is -1.12. The van der Waals surface area contributed by atoms with Crippen molar-refractivity contribution in [1.29, 1.82) is 0 Å². The van der Waals surface area contributed by atoms with Gasteiger partial charge in [0.15, 0.2) is 0 Å². The first-order chi connectivity index (χ1) is 17.3. The maximum Gasteiger partial charge on any atom is 0.410 e. The molecule has 0 fully saturated rings. The van der Waals surface area contributed by atoms with Crippen LogP contribution < -0.4 is 10.6 Å². The fourth-order valence-corrected chi connectivity index (χ4v) is 3.16. The number of carboxylic acids is 1. The summed E-state index contributed by atoms with van der Waals surface area (Å²) in [5.41, 5.74) is -1.89. The minimum atomic E-state index is -1.12. The van der Waals surface area contributed by atoms with Crippen LogP contribution in [0.1, 0.15) is 81.6 Å². The van der Waals surface area contributed by atoms with E-state index in [1.807, 2.05) is 0 Å². The number of nitrogens with one attached hydrogen (secondary N) is 2. The number of ether oxygens (including phenoxy) is 3. The molecule has 12 heteroatoms. The zero-order chi connectivity index (χ0) is 29.6. The van der Waals surface area contributed by atoms with Gasteiger partial charge in [-0.3, -0.25) is 9.69 Å². The van der Waals surface area contributed by atoms with Gasteiger partial charge >= 0.3 is 24.2 Å². The molecule has 0 heterocycles. The Morgan fingerprint density at radius 1 is 0.632 bits per heavy atom. The van der Waals surface area contributed by atoms with Gasteiger partial charge in [0.25, 0.3) is 0 Å². The van der Waals surface area contributed by atoms with E-state index in [1.165, 1.54) is 4.90 Å². The van der Waals surface area contributed by atoms with E-state index in [0.717, 1.165) is 0 Å². The van der Waals surface area contributed by atoms with Crippen molar-refractivity contribution in [2.45, 2.75) is 98.4 Å². The molecule has 0 aromatic rings. The van der Waals surface area contributed by atoms with E-state index in [-0.39, 0.29) is 6.54 Å². The van der Waals surface area contributed by atoms with Gasteiger partial charge in [-0.05, 0) is 101 Å². The summed E-state index contributed by atoms with van der Waals surface area (Å²) in [4.78, 5) is 50.8. The molecule has 0 aromatic carbocycles. The van der Waals surface area contributed by atoms with Gasteiger partial charge in [0.1, 0.15) is 23.3 Å². The Morgan fingerprint density at radius 2 is 1.03 bits per heavy atom. The Balaban J connectivity index is 4.89. The van der Waals surface area contributed by atoms with Gasteiger partial charge in [-0.1, -0.05) is 0 Å². The van der Waals surface area contributed by atoms with Gasteiger partial charge in [0.05, 0.1) is 0 Å². The van der Waals surface area contributed by atoms with Crippen LogP contribution in [0.15, 0.2) is 0 Å². The van der Waals surface area contributed by atoms with Crippen LogP contribution in [0.3, 0.4) is 0 Å². The summed E-state index contributed by atoms with van der Waals surface area (Å²) >= 11 is 0. The van der Waals surface area contributed by atoms with Gasteiger partial charge in [-0.15, -0.1) is 0 Å². The Hall–Kier alpha value is -2.76. The third-order valence-electron chi connectivity index (χ3n) is 4.52. The molecule has 0 aliphatic carbocycles. The second-order valence-corrected chi connectivity index (χ2v) is 12.1. The molecule has 0 aromatic heterocycles. The molecule has 0 aliphatic rings. The van der Waals surface area contributed by atoms with Gasteiger partial charge in [-0.2, -0.15) is 0 Å². The average molecular weight is 547 g/mol. The third kappa shape index (κ3) is 21.3. The first kappa shape index (κ1) is 35.2. The molecule has 0 atom stereocenters. The average Bonchev–Trinajstić information content (AvgIpc) is 2.68. The fraction of sp³-hybridized carbons (Fsp3) is 0.846. The summed E-state index contributed by atoms with van der Waals surface area (Å²) in [6.07, 6.45) is 0.202. The summed E-state index contributed by atoms with van der Waals surface area (Å²) in [6, 6.07) is 0. The molecular formula is C26H50N4O8. The van der Waals surface area contributed by atoms with Crippen LogP contribution in [0, 0.1) is 0 Å². The largest absolute Gasteiger partial charge is 0.480 e. The molecule has 12 nitrogen and oxygen atoms in total. The maximum atomic E-state index is 12.4. The van der Waals surface area contributed by atoms with Crippen molar-refractivity contribution >= 4 is 24.2 Å². The minimum Gasteiger partial charge on any atom is -0.480 e. The first-order valence-corrected chi connectivity index (χ1v) is 13.1. The number of nitrogens with zero attached hydrogens (tertiary/aromatic N) is 2. The van der Waals surface area contributed by atoms with Crippen LogP contribution in [0.5, 0.6) is 0 Å². The van der Waals surface area contributed by atoms with E-state index in [0.29, 0.717) is 52.0 Å². The summed E-state index contributed by atoms with van der Waals surface area (Å²) in [6.45, 7) is 18.4. The molecule has 3 N–H and O–H groups in total. The Morgan fingerprint density at radius 3 is 1.39 bits per heavy atom. The van der Waals surface area contributed by atoms with Gasteiger partial charge < -0.3 is 34.9 Å². The van der Waals surface area contributed by atoms with Crippen molar-refractivity contribution in [3.8, 4) is 0 Å². The number of rotatable bonds is 14. The molecule has 0 spiro atoms. The highest BCUT2D eigenvalue weighted by Crippen LogP contribution is 2.11. The smallest absolute Gasteiger partial charge is 0.410 e. The van der Waals surface area contributed by atoms with E-state index in [4.69, 9.17) is 14.2 Å². The second kappa shape index (κ2) is 16.3. The quantitative estimate of drug-likeness (QED) is 0.218. The van der Waals surface area contributed by atoms with Crippen molar-refractivity contribution in [1.82, 2.24) is 20.4 Å². The first-order valence-electron chi connectivity index (χ1n) is 13.1. The van der Waals surface area contributed by atoms with Crippen molar-refractivity contribution in [2.75, 3.05) is 45.8 Å². The van der Waals surface area contributed by atoms with Crippen LogP contribution >= 0.6 is 0 Å². The number of hydrogen-bond acceptors (Lipinski definition) is 8. The predicted molar refractivity (Wildman–Crippen MR) is 144 cm³/mol. The summed E-state index contributed by atoms with van der Waals surface area (Å²) < 4.78 is 15.8. The van der Waals surface area contributed by atoms with E-state index in [1.54, 1.807) is 62.3 Å². The standard InChI is InChI=1S/C26H50N4O8/c1-24(2,3)36-21(33)27-13-10-15-29(16-11-14-28-22(34)37-25(4,5)6)17-12-18-30(19-20(31)32)23(35)38-26(7,8)9/h10-19H2,1-9H3,(H,27,33)(H,28,34)(H,31,32). The topological polar surface area (TPSA) is 147 Å². The molecule has 0 radical (unpaired) electrons. The molecule has 0 saturated heterocycles. The number of alkyl carbamates (subject to hydrolysis) is 2. The highest BCUT2D eigenvalue weighted by atomic mass is 16.6. The SMILES string of the molecule is CC(C)(C)OC(=O)NCCCN(CCCNC(=O)OC(C)(C)C)CCCN(CC(=O)O)C(=O)OC(C)(C)C. The van der Waals surface area contributed by atoms with E-state index in [2.05, 4.69) is 15.5 Å². The molecular weight excluding hydrogens is 496 g/mol. The zero-order valence-electron chi connectivity index (χ0n) is 24.8. The molecule has 222 valence electrons. The number of amides is 3. The van der Waals surface area contributed by atoms with Crippen LogP contribution in [0.25, 0.3) is 0 Å². The van der Waals surface area contributed by atoms with Gasteiger partial charge in [0.2, 0.25) is 0 Å². The van der Waals surface area contributed by atoms with E-state index in [9.17, 15) is 24.3 Å². The number of carbonyl (C=O) groups excluding carboxylic acids is 3. The molecule has 0 saturated carbocycles. The van der Waals surface area contributed by atoms with Crippen LogP contribution in [-0.2, 0) is 19.0 Å². The molecule has 38 heavy (non-hydrogen) atoms. The van der Waals surface area contributed by atoms with Crippen molar-refractivity contribution in [3.05, 3.63) is 0 Å². The predicted octanol–water partition coefficient (Wildman–Crippen LogP) is 3.83. The maximum absolute atomic E-state index is 12.4. The number of carbonyl (C=O) groups is 4. The fourth-order valence-electron chi connectivity index (χ4n) is 3.16. The lowest BCUT2D eigenvalue weighted by Gasteiger charge is -2.28. The zero-order valence-corrected chi connectivity index (χ0v) is 24.8. The van der Waals surface area contributed by atoms with Crippen molar-refractivity contribution in [3.63, 3.8) is 0 Å². The van der Waals surface area contributed by atoms with Crippen LogP contribution in [-0.4, -0.2) is 102 Å². The number of hydrogen-bond donors (Lipinski definition) is 3. The lowest BCUT2D eigenvalue weighted by molar-refractivity contribution is -0.138. The Labute approximate surface area is 227 Å². The van der Waals surface area contributed by atoms with E-state index < -0.39 is 47.6 Å². The highest BCUT2D eigenvalue weighted by molar-refractivity contribution is 5.76. The summed E-state index contributed by atoms with van der Waals surface area (Å²) in [7, 11) is 0. The van der Waals surface area contributed by atoms with Crippen LogP contribution in [0.2, 0.25) is 0 Å². The van der Waals surface area contributed by atoms with Crippen LogP contribution in [0.4, 0.5) is 14.4 Å². The lowest BCUT2D eigenvalue weighted by Crippen LogP contribution is -2.41. The Bertz CT molecular complexity index is 718. The monoisotopic (exact) mass is 546 g/mol. The molecule has 0 bridgehead atoms. The molecule has 3 amide bonds. The minimum absolute atomic E-state index is 0.212. The van der Waals surface area contributed by atoms with Gasteiger partial charge in [0, 0.05) is 19.6 Å². The van der Waals surface area contributed by atoms with Crippen molar-refractivity contribution < 1.29 is 38.5 Å². The van der Waals surface area contributed by atoms with Crippen molar-refractivity contribution in [2.24, 2.45) is 0 Å². The Kier molecular flexibility index (Phi) is 15.1. The summed E-state index contributed by atoms with van der Waals surface area (Å²) in [5, 5.41) is 14.7. The number of carboxylic acid groups (broad SMARTS) is 1. The molecule has 0 aliphatic heterocycles.